The molecule has 112 valence electrons. The zero-order valence-corrected chi connectivity index (χ0v) is 12.6. The highest BCUT2D eigenvalue weighted by Crippen LogP contribution is 2.24. The number of H-pyrrole nitrogens is 2. The number of rotatable bonds is 3. The SMILES string of the molecule is O=C(c1nc(-c2ncc[nH]c2=O)cs1)c1c[nH]c2ccccc12. The summed E-state index contributed by atoms with van der Waals surface area (Å²) in [5.41, 5.74) is 1.75. The number of carbonyl (C=O) groups is 1. The first-order chi connectivity index (χ1) is 11.2. The molecule has 4 aromatic rings. The standard InChI is InChI=1S/C16H10N4O2S/c21-14(10-7-19-11-4-2-1-3-9(10)11)16-20-12(8-23-16)13-15(22)18-6-5-17-13/h1-8,19H,(H,18,22). The van der Waals surface area contributed by atoms with E-state index >= 15 is 0 Å². The molecule has 3 heterocycles. The molecule has 0 spiro atoms. The lowest BCUT2D eigenvalue weighted by molar-refractivity contribution is 0.104. The van der Waals surface area contributed by atoms with Gasteiger partial charge in [0.15, 0.2) is 10.7 Å². The Balaban J connectivity index is 1.76. The molecule has 0 amide bonds. The van der Waals surface area contributed by atoms with Crippen molar-refractivity contribution in [2.75, 3.05) is 0 Å². The fourth-order valence-corrected chi connectivity index (χ4v) is 3.15. The van der Waals surface area contributed by atoms with Gasteiger partial charge in [-0.1, -0.05) is 18.2 Å². The molecule has 0 aliphatic rings. The van der Waals surface area contributed by atoms with Gasteiger partial charge in [-0.25, -0.2) is 9.97 Å². The van der Waals surface area contributed by atoms with E-state index in [-0.39, 0.29) is 17.0 Å². The zero-order chi connectivity index (χ0) is 15.8. The summed E-state index contributed by atoms with van der Waals surface area (Å²) >= 11 is 1.20. The van der Waals surface area contributed by atoms with Gasteiger partial charge in [-0.15, -0.1) is 11.3 Å². The van der Waals surface area contributed by atoms with Crippen LogP contribution >= 0.6 is 11.3 Å². The summed E-state index contributed by atoms with van der Waals surface area (Å²) in [6.45, 7) is 0. The van der Waals surface area contributed by atoms with Crippen molar-refractivity contribution in [2.45, 2.75) is 0 Å². The van der Waals surface area contributed by atoms with Crippen LogP contribution < -0.4 is 5.56 Å². The van der Waals surface area contributed by atoms with Gasteiger partial charge in [-0.3, -0.25) is 9.59 Å². The lowest BCUT2D eigenvalue weighted by Crippen LogP contribution is -2.10. The largest absolute Gasteiger partial charge is 0.360 e. The van der Waals surface area contributed by atoms with Crippen molar-refractivity contribution < 1.29 is 4.79 Å². The van der Waals surface area contributed by atoms with Gasteiger partial charge in [-0.2, -0.15) is 0 Å². The number of carbonyl (C=O) groups excluding carboxylic acids is 1. The van der Waals surface area contributed by atoms with Crippen LogP contribution in [0.2, 0.25) is 0 Å². The normalized spacial score (nSPS) is 11.0. The highest BCUT2D eigenvalue weighted by molar-refractivity contribution is 7.12. The molecule has 0 atom stereocenters. The van der Waals surface area contributed by atoms with E-state index in [1.54, 1.807) is 11.6 Å². The van der Waals surface area contributed by atoms with Crippen LogP contribution in [0.1, 0.15) is 15.4 Å². The summed E-state index contributed by atoms with van der Waals surface area (Å²) in [6, 6.07) is 7.58. The number of nitrogens with one attached hydrogen (secondary N) is 2. The number of aromatic amines is 2. The smallest absolute Gasteiger partial charge is 0.276 e. The van der Waals surface area contributed by atoms with Gasteiger partial charge < -0.3 is 9.97 Å². The number of hydrogen-bond acceptors (Lipinski definition) is 5. The summed E-state index contributed by atoms with van der Waals surface area (Å²) in [5.74, 6) is -0.175. The molecule has 7 heteroatoms. The van der Waals surface area contributed by atoms with Crippen molar-refractivity contribution >= 4 is 28.0 Å². The van der Waals surface area contributed by atoms with Crippen molar-refractivity contribution in [3.63, 3.8) is 0 Å². The number of para-hydroxylation sites is 1. The van der Waals surface area contributed by atoms with E-state index < -0.39 is 0 Å². The van der Waals surface area contributed by atoms with Crippen LogP contribution in [-0.2, 0) is 0 Å². The molecule has 0 saturated carbocycles. The lowest BCUT2D eigenvalue weighted by Gasteiger charge is -1.95. The molecule has 1 aromatic carbocycles. The maximum absolute atomic E-state index is 12.7. The van der Waals surface area contributed by atoms with Gasteiger partial charge in [-0.05, 0) is 6.07 Å². The summed E-state index contributed by atoms with van der Waals surface area (Å²) in [7, 11) is 0. The first-order valence-electron chi connectivity index (χ1n) is 6.84. The molecule has 2 N–H and O–H groups in total. The molecule has 3 aromatic heterocycles. The highest BCUT2D eigenvalue weighted by atomic mass is 32.1. The summed E-state index contributed by atoms with van der Waals surface area (Å²) in [6.07, 6.45) is 4.62. The van der Waals surface area contributed by atoms with E-state index in [1.807, 2.05) is 24.3 Å². The Hall–Kier alpha value is -3.06. The average molecular weight is 322 g/mol. The Morgan fingerprint density at radius 1 is 1.17 bits per heavy atom. The maximum Gasteiger partial charge on any atom is 0.276 e. The number of ketones is 1. The number of hydrogen-bond donors (Lipinski definition) is 2. The molecular formula is C16H10N4O2S. The molecular weight excluding hydrogens is 312 g/mol. The number of thiazole rings is 1. The minimum absolute atomic E-state index is 0.175. The van der Waals surface area contributed by atoms with Crippen LogP contribution in [0.3, 0.4) is 0 Å². The maximum atomic E-state index is 12.7. The van der Waals surface area contributed by atoms with Crippen molar-refractivity contribution in [3.05, 3.63) is 69.2 Å². The predicted molar refractivity (Wildman–Crippen MR) is 87.7 cm³/mol. The van der Waals surface area contributed by atoms with Crippen LogP contribution in [0.15, 0.2) is 53.0 Å². The van der Waals surface area contributed by atoms with Crippen molar-refractivity contribution in [2.24, 2.45) is 0 Å². The van der Waals surface area contributed by atoms with Crippen molar-refractivity contribution in [3.8, 4) is 11.4 Å². The van der Waals surface area contributed by atoms with Gasteiger partial charge in [0.1, 0.15) is 5.69 Å². The van der Waals surface area contributed by atoms with Crippen molar-refractivity contribution in [1.29, 1.82) is 0 Å². The molecule has 0 radical (unpaired) electrons. The van der Waals surface area contributed by atoms with Crippen LogP contribution in [0.5, 0.6) is 0 Å². The van der Waals surface area contributed by atoms with E-state index in [4.69, 9.17) is 0 Å². The molecule has 0 aliphatic carbocycles. The zero-order valence-electron chi connectivity index (χ0n) is 11.7. The summed E-state index contributed by atoms with van der Waals surface area (Å²) in [4.78, 5) is 38.3. The first kappa shape index (κ1) is 13.6. The Morgan fingerprint density at radius 2 is 2.04 bits per heavy atom. The second kappa shape index (κ2) is 5.29. The monoisotopic (exact) mass is 322 g/mol. The number of nitrogens with zero attached hydrogens (tertiary/aromatic N) is 2. The van der Waals surface area contributed by atoms with E-state index in [2.05, 4.69) is 19.9 Å². The third-order valence-corrected chi connectivity index (χ3v) is 4.32. The predicted octanol–water partition coefficient (Wildman–Crippen LogP) is 2.61. The van der Waals surface area contributed by atoms with E-state index in [1.165, 1.54) is 23.7 Å². The third kappa shape index (κ3) is 2.27. The van der Waals surface area contributed by atoms with Crippen LogP contribution in [0, 0.1) is 0 Å². The Labute approximate surface area is 133 Å². The van der Waals surface area contributed by atoms with Crippen molar-refractivity contribution in [1.82, 2.24) is 19.9 Å². The Bertz CT molecular complexity index is 1080. The Morgan fingerprint density at radius 3 is 2.91 bits per heavy atom. The first-order valence-corrected chi connectivity index (χ1v) is 7.72. The second-order valence-corrected chi connectivity index (χ2v) is 5.74. The quantitative estimate of drug-likeness (QED) is 0.567. The minimum Gasteiger partial charge on any atom is -0.360 e. The van der Waals surface area contributed by atoms with E-state index in [0.717, 1.165) is 10.9 Å². The summed E-state index contributed by atoms with van der Waals surface area (Å²) < 4.78 is 0. The Kier molecular flexibility index (Phi) is 3.13. The third-order valence-electron chi connectivity index (χ3n) is 3.48. The van der Waals surface area contributed by atoms with Crippen LogP contribution in [-0.4, -0.2) is 25.7 Å². The highest BCUT2D eigenvalue weighted by Gasteiger charge is 2.19. The molecule has 0 bridgehead atoms. The van der Waals surface area contributed by atoms with Gasteiger partial charge in [0.25, 0.3) is 5.56 Å². The number of aromatic nitrogens is 4. The minimum atomic E-state index is -0.330. The molecule has 0 fully saturated rings. The topological polar surface area (TPSA) is 91.5 Å². The molecule has 0 saturated heterocycles. The number of fused-ring (bicyclic) bond motifs is 1. The molecule has 23 heavy (non-hydrogen) atoms. The molecule has 4 rings (SSSR count). The summed E-state index contributed by atoms with van der Waals surface area (Å²) in [5, 5.41) is 2.85. The second-order valence-electron chi connectivity index (χ2n) is 4.88. The van der Waals surface area contributed by atoms with Crippen LogP contribution in [0.25, 0.3) is 22.3 Å². The molecule has 0 unspecified atom stereocenters. The van der Waals surface area contributed by atoms with Gasteiger partial charge in [0.2, 0.25) is 5.78 Å². The van der Waals surface area contributed by atoms with Gasteiger partial charge in [0.05, 0.1) is 5.56 Å². The average Bonchev–Trinajstić information content (AvgIpc) is 3.22. The fourth-order valence-electron chi connectivity index (χ4n) is 2.40. The van der Waals surface area contributed by atoms with Gasteiger partial charge >= 0.3 is 0 Å². The van der Waals surface area contributed by atoms with E-state index in [9.17, 15) is 9.59 Å². The lowest BCUT2D eigenvalue weighted by atomic mass is 10.1. The molecule has 0 aliphatic heterocycles. The fraction of sp³-hybridized carbons (Fsp3) is 0. The molecule has 6 nitrogen and oxygen atoms in total. The van der Waals surface area contributed by atoms with E-state index in [0.29, 0.717) is 16.3 Å². The number of benzene rings is 1. The van der Waals surface area contributed by atoms with Gasteiger partial charge in [0, 0.05) is 34.9 Å². The van der Waals surface area contributed by atoms with Crippen LogP contribution in [0.4, 0.5) is 0 Å².